The van der Waals surface area contributed by atoms with Crippen molar-refractivity contribution in [2.75, 3.05) is 55.5 Å². The number of carbonyl (C=O) groups excluding carboxylic acids is 1. The lowest BCUT2D eigenvalue weighted by Gasteiger charge is -2.39. The Hall–Kier alpha value is -4.50. The van der Waals surface area contributed by atoms with E-state index < -0.39 is 28.7 Å². The van der Waals surface area contributed by atoms with Crippen molar-refractivity contribution < 1.29 is 23.8 Å². The molecule has 0 aromatic carbocycles. The molecule has 2 N–H and O–H groups in total. The van der Waals surface area contributed by atoms with E-state index in [0.717, 1.165) is 29.5 Å². The highest BCUT2D eigenvalue weighted by Gasteiger charge is 2.35. The number of carboxylic acids is 1. The number of likely N-dealkylation sites (N-methyl/N-ethyl adjacent to an activating group) is 1. The number of aromatic nitrogens is 5. The van der Waals surface area contributed by atoms with Gasteiger partial charge in [-0.2, -0.15) is 4.37 Å². The van der Waals surface area contributed by atoms with E-state index in [4.69, 9.17) is 4.74 Å². The van der Waals surface area contributed by atoms with E-state index in [1.54, 1.807) is 24.3 Å². The van der Waals surface area contributed by atoms with Gasteiger partial charge in [0.05, 0.1) is 29.8 Å². The average Bonchev–Trinajstić information content (AvgIpc) is 3.42. The Balaban J connectivity index is 1.33. The second-order valence-electron chi connectivity index (χ2n) is 8.84. The summed E-state index contributed by atoms with van der Waals surface area (Å²) in [7, 11) is 3.54. The molecule has 0 radical (unpaired) electrons. The third-order valence-electron chi connectivity index (χ3n) is 6.32. The van der Waals surface area contributed by atoms with Crippen LogP contribution in [0.25, 0.3) is 16.2 Å². The van der Waals surface area contributed by atoms with Gasteiger partial charge in [-0.1, -0.05) is 0 Å². The number of rotatable bonds is 9. The first-order valence-electron chi connectivity index (χ1n) is 11.7. The zero-order valence-corrected chi connectivity index (χ0v) is 21.7. The predicted octanol–water partition coefficient (Wildman–Crippen LogP) is 1.63. The third-order valence-corrected chi connectivity index (χ3v) is 6.99. The van der Waals surface area contributed by atoms with E-state index in [9.17, 15) is 19.5 Å². The Morgan fingerprint density at radius 1 is 1.31 bits per heavy atom. The lowest BCUT2D eigenvalue weighted by molar-refractivity contribution is -0.120. The summed E-state index contributed by atoms with van der Waals surface area (Å²) in [5.74, 6) is -2.63. The van der Waals surface area contributed by atoms with Crippen LogP contribution in [0.3, 0.4) is 0 Å². The van der Waals surface area contributed by atoms with Crippen LogP contribution in [0.2, 0.25) is 0 Å². The van der Waals surface area contributed by atoms with Crippen molar-refractivity contribution in [2.24, 2.45) is 5.92 Å². The second kappa shape index (κ2) is 10.7. The number of hydrogen-bond donors (Lipinski definition) is 2. The van der Waals surface area contributed by atoms with Gasteiger partial charge in [-0.05, 0) is 18.2 Å². The molecule has 1 aliphatic rings. The molecule has 0 bridgehead atoms. The highest BCUT2D eigenvalue weighted by atomic mass is 32.1. The first-order valence-corrected chi connectivity index (χ1v) is 12.5. The fourth-order valence-corrected chi connectivity index (χ4v) is 4.61. The summed E-state index contributed by atoms with van der Waals surface area (Å²) >= 11 is 0.959. The van der Waals surface area contributed by atoms with E-state index in [1.807, 2.05) is 18.0 Å². The highest BCUT2D eigenvalue weighted by molar-refractivity contribution is 7.08. The van der Waals surface area contributed by atoms with Crippen LogP contribution in [0, 0.1) is 11.7 Å². The van der Waals surface area contributed by atoms with Crippen molar-refractivity contribution in [3.8, 4) is 5.13 Å². The lowest BCUT2D eigenvalue weighted by atomic mass is 9.99. The van der Waals surface area contributed by atoms with Crippen molar-refractivity contribution in [3.05, 3.63) is 58.5 Å². The number of amides is 1. The van der Waals surface area contributed by atoms with Crippen molar-refractivity contribution in [1.82, 2.24) is 23.9 Å². The van der Waals surface area contributed by atoms with Crippen LogP contribution < -0.4 is 20.5 Å². The number of fused-ring (bicyclic) bond motifs is 1. The Morgan fingerprint density at radius 3 is 2.74 bits per heavy atom. The monoisotopic (exact) mass is 554 g/mol. The molecule has 13 nitrogen and oxygen atoms in total. The molecule has 0 spiro atoms. The van der Waals surface area contributed by atoms with Gasteiger partial charge in [-0.3, -0.25) is 14.2 Å². The highest BCUT2D eigenvalue weighted by Crippen LogP contribution is 2.29. The van der Waals surface area contributed by atoms with E-state index in [0.29, 0.717) is 19.0 Å². The minimum atomic E-state index is -1.46. The number of nitrogens with one attached hydrogen (secondary N) is 1. The second-order valence-corrected chi connectivity index (χ2v) is 9.60. The van der Waals surface area contributed by atoms with Crippen LogP contribution in [0.5, 0.6) is 0 Å². The van der Waals surface area contributed by atoms with Gasteiger partial charge in [-0.25, -0.2) is 24.1 Å². The Morgan fingerprint density at radius 2 is 2.10 bits per heavy atom. The molecule has 1 saturated heterocycles. The SMILES string of the molecule is COCCN(C)c1ccc(NC(=O)C2CN(c3nc4c(cc3F)c(=O)c(C(=O)O)cn4-c3ncns3)C2)nc1. The van der Waals surface area contributed by atoms with Crippen molar-refractivity contribution in [1.29, 1.82) is 0 Å². The summed E-state index contributed by atoms with van der Waals surface area (Å²) in [6, 6.07) is 4.51. The van der Waals surface area contributed by atoms with Crippen LogP contribution in [0.15, 0.2) is 41.7 Å². The zero-order chi connectivity index (χ0) is 27.7. The Bertz CT molecular complexity index is 1590. The maximum Gasteiger partial charge on any atom is 0.341 e. The maximum atomic E-state index is 15.1. The molecule has 1 amide bonds. The van der Waals surface area contributed by atoms with E-state index in [2.05, 4.69) is 24.6 Å². The van der Waals surface area contributed by atoms with Crippen LogP contribution in [-0.4, -0.2) is 81.3 Å². The number of hydrogen-bond acceptors (Lipinski definition) is 11. The number of carbonyl (C=O) groups is 2. The molecule has 4 aromatic rings. The number of aromatic carboxylic acids is 1. The molecule has 5 rings (SSSR count). The number of ether oxygens (including phenoxy) is 1. The molecule has 202 valence electrons. The molecule has 15 heteroatoms. The standard InChI is InChI=1S/C24H23FN8O5S/c1-31(5-6-38-2)14-3-4-18(26-8-14)29-22(35)13-9-32(10-13)21-17(25)7-15-19(34)16(23(36)37)11-33(20(15)30-21)24-27-12-28-39-24/h3-4,7-8,11-13H,5-6,9-10H2,1-2H3,(H,36,37)(H,26,29,35). The number of nitrogens with zero attached hydrogens (tertiary/aromatic N) is 7. The van der Waals surface area contributed by atoms with Crippen molar-refractivity contribution in [2.45, 2.75) is 0 Å². The molecule has 0 aliphatic carbocycles. The number of pyridine rings is 3. The molecular weight excluding hydrogens is 531 g/mol. The third kappa shape index (κ3) is 5.13. The minimum Gasteiger partial charge on any atom is -0.477 e. The molecule has 0 unspecified atom stereocenters. The average molecular weight is 555 g/mol. The lowest BCUT2D eigenvalue weighted by Crippen LogP contribution is -2.52. The minimum absolute atomic E-state index is 0.0332. The van der Waals surface area contributed by atoms with Crippen LogP contribution in [-0.2, 0) is 9.53 Å². The van der Waals surface area contributed by atoms with E-state index in [-0.39, 0.29) is 41.0 Å². The summed E-state index contributed by atoms with van der Waals surface area (Å²) in [6.45, 7) is 1.65. The van der Waals surface area contributed by atoms with Gasteiger partial charge in [0.15, 0.2) is 17.3 Å². The van der Waals surface area contributed by atoms with Crippen LogP contribution in [0.4, 0.5) is 21.7 Å². The quantitative estimate of drug-likeness (QED) is 0.310. The summed E-state index contributed by atoms with van der Waals surface area (Å²) in [5, 5.41) is 12.3. The first kappa shape index (κ1) is 26.1. The number of anilines is 3. The number of carboxylic acid groups (broad SMARTS) is 1. The molecule has 0 saturated carbocycles. The van der Waals surface area contributed by atoms with Gasteiger partial charge < -0.3 is 25.0 Å². The van der Waals surface area contributed by atoms with Crippen molar-refractivity contribution in [3.63, 3.8) is 0 Å². The normalized spacial score (nSPS) is 13.4. The largest absolute Gasteiger partial charge is 0.477 e. The first-order chi connectivity index (χ1) is 18.8. The van der Waals surface area contributed by atoms with Gasteiger partial charge in [0.1, 0.15) is 17.7 Å². The summed E-state index contributed by atoms with van der Waals surface area (Å²) in [6.07, 6.45) is 4.03. The van der Waals surface area contributed by atoms with Gasteiger partial charge in [0.2, 0.25) is 16.5 Å². The van der Waals surface area contributed by atoms with Crippen LogP contribution in [0.1, 0.15) is 10.4 Å². The molecular formula is C24H23FN8O5S. The van der Waals surface area contributed by atoms with Crippen molar-refractivity contribution >= 4 is 51.8 Å². The fourth-order valence-electron chi connectivity index (χ4n) is 4.10. The zero-order valence-electron chi connectivity index (χ0n) is 20.9. The maximum absolute atomic E-state index is 15.1. The summed E-state index contributed by atoms with van der Waals surface area (Å²) < 4.78 is 25.4. The van der Waals surface area contributed by atoms with Gasteiger partial charge in [-0.15, -0.1) is 0 Å². The van der Waals surface area contributed by atoms with Gasteiger partial charge in [0.25, 0.3) is 0 Å². The molecule has 39 heavy (non-hydrogen) atoms. The summed E-state index contributed by atoms with van der Waals surface area (Å²) in [5.41, 5.74) is -0.498. The topological polar surface area (TPSA) is 156 Å². The fraction of sp³-hybridized carbons (Fsp3) is 0.292. The Kier molecular flexibility index (Phi) is 7.17. The van der Waals surface area contributed by atoms with E-state index in [1.165, 1.54) is 10.9 Å². The smallest absolute Gasteiger partial charge is 0.341 e. The predicted molar refractivity (Wildman–Crippen MR) is 141 cm³/mol. The number of methoxy groups -OCH3 is 1. The number of halogens is 1. The van der Waals surface area contributed by atoms with Gasteiger partial charge >= 0.3 is 5.97 Å². The molecule has 1 fully saturated rings. The van der Waals surface area contributed by atoms with Gasteiger partial charge in [0, 0.05) is 51.5 Å². The molecule has 1 aliphatic heterocycles. The van der Waals surface area contributed by atoms with E-state index >= 15 is 4.39 Å². The molecule has 0 atom stereocenters. The molecule has 4 aromatic heterocycles. The molecule has 5 heterocycles. The summed E-state index contributed by atoms with van der Waals surface area (Å²) in [4.78, 5) is 53.3. The Labute approximate surface area is 224 Å². The van der Waals surface area contributed by atoms with Crippen LogP contribution >= 0.6 is 11.5 Å².